The normalized spacial score (nSPS) is 13.3. The lowest BCUT2D eigenvalue weighted by molar-refractivity contribution is 0.223. The maximum atomic E-state index is 9.37. The molecule has 3 nitrogen and oxygen atoms in total. The number of aromatic amines is 1. The Morgan fingerprint density at radius 2 is 2.16 bits per heavy atom. The van der Waals surface area contributed by atoms with Crippen molar-refractivity contribution in [2.75, 3.05) is 6.61 Å². The van der Waals surface area contributed by atoms with Gasteiger partial charge in [0.2, 0.25) is 0 Å². The molecule has 104 valence electrons. The fraction of sp³-hybridized carbons (Fsp3) is 0.467. The van der Waals surface area contributed by atoms with Crippen LogP contribution in [0.15, 0.2) is 24.4 Å². The molecule has 0 saturated carbocycles. The molecule has 0 bridgehead atoms. The van der Waals surface area contributed by atoms with Gasteiger partial charge >= 0.3 is 0 Å². The number of benzene rings is 1. The first-order valence-electron chi connectivity index (χ1n) is 6.70. The summed E-state index contributed by atoms with van der Waals surface area (Å²) in [5, 5.41) is 14.7. The fourth-order valence-corrected chi connectivity index (χ4v) is 2.52. The predicted octanol–water partition coefficient (Wildman–Crippen LogP) is 3.32. The van der Waals surface area contributed by atoms with E-state index >= 15 is 0 Å². The van der Waals surface area contributed by atoms with Crippen LogP contribution in [0.25, 0.3) is 10.9 Å². The van der Waals surface area contributed by atoms with Gasteiger partial charge in [0, 0.05) is 34.7 Å². The van der Waals surface area contributed by atoms with Crippen LogP contribution in [0.2, 0.25) is 5.02 Å². The Hall–Kier alpha value is -1.03. The molecule has 0 saturated heterocycles. The Labute approximate surface area is 119 Å². The standard InChI is InChI=1S/C15H21ClN2O/c1-10(2)5-13(9-19)17-7-11-8-18-15-6-12(16)3-4-14(11)15/h3-4,6,8,10,13,17-19H,5,7,9H2,1-2H3. The molecule has 4 heteroatoms. The van der Waals surface area contributed by atoms with Crippen molar-refractivity contribution in [3.63, 3.8) is 0 Å². The molecule has 0 aliphatic rings. The number of H-pyrrole nitrogens is 1. The summed E-state index contributed by atoms with van der Waals surface area (Å²) >= 11 is 5.97. The van der Waals surface area contributed by atoms with Gasteiger partial charge in [-0.25, -0.2) is 0 Å². The third-order valence-corrected chi connectivity index (χ3v) is 3.52. The first kappa shape index (κ1) is 14.4. The number of halogens is 1. The summed E-state index contributed by atoms with van der Waals surface area (Å²) in [6, 6.07) is 6.01. The minimum atomic E-state index is 0.150. The van der Waals surface area contributed by atoms with E-state index in [4.69, 9.17) is 11.6 Å². The molecule has 0 spiro atoms. The molecule has 1 aromatic heterocycles. The van der Waals surface area contributed by atoms with Crippen LogP contribution in [0.5, 0.6) is 0 Å². The summed E-state index contributed by atoms with van der Waals surface area (Å²) in [6.07, 6.45) is 2.97. The summed E-state index contributed by atoms with van der Waals surface area (Å²) in [7, 11) is 0. The number of hydrogen-bond donors (Lipinski definition) is 3. The topological polar surface area (TPSA) is 48.0 Å². The van der Waals surface area contributed by atoms with Gasteiger partial charge in [-0.15, -0.1) is 0 Å². The van der Waals surface area contributed by atoms with Gasteiger partial charge in [0.1, 0.15) is 0 Å². The molecule has 1 atom stereocenters. The smallest absolute Gasteiger partial charge is 0.0584 e. The highest BCUT2D eigenvalue weighted by Gasteiger charge is 2.10. The van der Waals surface area contributed by atoms with Gasteiger partial charge in [-0.2, -0.15) is 0 Å². The zero-order valence-corrected chi connectivity index (χ0v) is 12.2. The van der Waals surface area contributed by atoms with E-state index in [-0.39, 0.29) is 12.6 Å². The van der Waals surface area contributed by atoms with E-state index in [1.54, 1.807) is 0 Å². The van der Waals surface area contributed by atoms with Gasteiger partial charge in [0.25, 0.3) is 0 Å². The molecule has 2 aromatic rings. The average Bonchev–Trinajstić information content (AvgIpc) is 2.76. The number of aliphatic hydroxyl groups is 1. The van der Waals surface area contributed by atoms with Crippen molar-refractivity contribution in [3.8, 4) is 0 Å². The molecule has 1 unspecified atom stereocenters. The molecule has 0 fully saturated rings. The number of rotatable bonds is 6. The Kier molecular flexibility index (Phi) is 4.86. The van der Waals surface area contributed by atoms with Crippen molar-refractivity contribution in [2.24, 2.45) is 5.92 Å². The van der Waals surface area contributed by atoms with Gasteiger partial charge in [0.05, 0.1) is 6.61 Å². The molecule has 3 N–H and O–H groups in total. The van der Waals surface area contributed by atoms with E-state index in [9.17, 15) is 5.11 Å². The first-order chi connectivity index (χ1) is 9.10. The van der Waals surface area contributed by atoms with Gasteiger partial charge in [0.15, 0.2) is 0 Å². The van der Waals surface area contributed by atoms with Crippen LogP contribution in [0.3, 0.4) is 0 Å². The van der Waals surface area contributed by atoms with Crippen molar-refractivity contribution < 1.29 is 5.11 Å². The van der Waals surface area contributed by atoms with Crippen LogP contribution >= 0.6 is 11.6 Å². The van der Waals surface area contributed by atoms with Crippen LogP contribution in [-0.4, -0.2) is 22.7 Å². The Morgan fingerprint density at radius 1 is 1.37 bits per heavy atom. The largest absolute Gasteiger partial charge is 0.395 e. The summed E-state index contributed by atoms with van der Waals surface area (Å²) in [4.78, 5) is 3.22. The highest BCUT2D eigenvalue weighted by atomic mass is 35.5. The number of hydrogen-bond acceptors (Lipinski definition) is 2. The third-order valence-electron chi connectivity index (χ3n) is 3.29. The molecule has 2 rings (SSSR count). The molecule has 0 aliphatic heterocycles. The van der Waals surface area contributed by atoms with Crippen LogP contribution in [0.4, 0.5) is 0 Å². The van der Waals surface area contributed by atoms with Crippen LogP contribution < -0.4 is 5.32 Å². The Bertz CT molecular complexity index is 536. The Morgan fingerprint density at radius 3 is 2.84 bits per heavy atom. The van der Waals surface area contributed by atoms with Crippen LogP contribution in [-0.2, 0) is 6.54 Å². The van der Waals surface area contributed by atoms with Gasteiger partial charge in [-0.1, -0.05) is 31.5 Å². The molecule has 0 amide bonds. The molecule has 0 aliphatic carbocycles. The van der Waals surface area contributed by atoms with E-state index in [0.717, 1.165) is 23.5 Å². The Balaban J connectivity index is 2.05. The van der Waals surface area contributed by atoms with E-state index in [2.05, 4.69) is 24.1 Å². The van der Waals surface area contributed by atoms with Gasteiger partial charge in [-0.05, 0) is 30.0 Å². The van der Waals surface area contributed by atoms with Gasteiger partial charge < -0.3 is 15.4 Å². The van der Waals surface area contributed by atoms with E-state index < -0.39 is 0 Å². The van der Waals surface area contributed by atoms with Crippen molar-refractivity contribution in [3.05, 3.63) is 35.0 Å². The lowest BCUT2D eigenvalue weighted by Crippen LogP contribution is -2.33. The number of fused-ring (bicyclic) bond motifs is 1. The highest BCUT2D eigenvalue weighted by molar-refractivity contribution is 6.31. The predicted molar refractivity (Wildman–Crippen MR) is 80.5 cm³/mol. The lowest BCUT2D eigenvalue weighted by Gasteiger charge is -2.18. The maximum absolute atomic E-state index is 9.37. The molecule has 1 aromatic carbocycles. The van der Waals surface area contributed by atoms with Crippen molar-refractivity contribution in [2.45, 2.75) is 32.9 Å². The van der Waals surface area contributed by atoms with Crippen LogP contribution in [0.1, 0.15) is 25.8 Å². The van der Waals surface area contributed by atoms with E-state index in [1.807, 2.05) is 24.4 Å². The zero-order chi connectivity index (χ0) is 13.8. The van der Waals surface area contributed by atoms with Crippen molar-refractivity contribution >= 4 is 22.5 Å². The van der Waals surface area contributed by atoms with E-state index in [1.165, 1.54) is 10.9 Å². The van der Waals surface area contributed by atoms with Crippen molar-refractivity contribution in [1.82, 2.24) is 10.3 Å². The SMILES string of the molecule is CC(C)CC(CO)NCc1c[nH]c2cc(Cl)ccc12. The summed E-state index contributed by atoms with van der Waals surface area (Å²) in [6.45, 7) is 5.25. The summed E-state index contributed by atoms with van der Waals surface area (Å²) < 4.78 is 0. The fourth-order valence-electron chi connectivity index (χ4n) is 2.35. The van der Waals surface area contributed by atoms with Crippen LogP contribution in [0, 0.1) is 5.92 Å². The minimum absolute atomic E-state index is 0.150. The molecular weight excluding hydrogens is 260 g/mol. The second kappa shape index (κ2) is 6.42. The third kappa shape index (κ3) is 3.72. The van der Waals surface area contributed by atoms with E-state index in [0.29, 0.717) is 5.92 Å². The lowest BCUT2D eigenvalue weighted by atomic mass is 10.0. The summed E-state index contributed by atoms with van der Waals surface area (Å²) in [5.41, 5.74) is 2.25. The molecule has 1 heterocycles. The highest BCUT2D eigenvalue weighted by Crippen LogP contribution is 2.22. The monoisotopic (exact) mass is 280 g/mol. The first-order valence-corrected chi connectivity index (χ1v) is 7.07. The minimum Gasteiger partial charge on any atom is -0.395 e. The number of aromatic nitrogens is 1. The number of aliphatic hydroxyl groups excluding tert-OH is 1. The van der Waals surface area contributed by atoms with Crippen molar-refractivity contribution in [1.29, 1.82) is 0 Å². The summed E-state index contributed by atoms with van der Waals surface area (Å²) in [5.74, 6) is 0.575. The second-order valence-corrected chi connectivity index (χ2v) is 5.83. The molecule has 19 heavy (non-hydrogen) atoms. The zero-order valence-electron chi connectivity index (χ0n) is 11.4. The molecular formula is C15H21ClN2O. The maximum Gasteiger partial charge on any atom is 0.0584 e. The molecule has 0 radical (unpaired) electrons. The quantitative estimate of drug-likeness (QED) is 0.760. The van der Waals surface area contributed by atoms with Gasteiger partial charge in [-0.3, -0.25) is 0 Å². The average molecular weight is 281 g/mol. The number of nitrogens with one attached hydrogen (secondary N) is 2. The second-order valence-electron chi connectivity index (χ2n) is 5.39.